The van der Waals surface area contributed by atoms with Gasteiger partial charge in [0.15, 0.2) is 0 Å². The molecule has 0 aromatic heterocycles. The molecule has 1 unspecified atom stereocenters. The van der Waals surface area contributed by atoms with E-state index >= 15 is 0 Å². The van der Waals surface area contributed by atoms with Gasteiger partial charge >= 0.3 is 0 Å². The van der Waals surface area contributed by atoms with E-state index in [9.17, 15) is 0 Å². The summed E-state index contributed by atoms with van der Waals surface area (Å²) in [5, 5.41) is 13.0. The topological polar surface area (TPSA) is 35.8 Å². The van der Waals surface area contributed by atoms with Gasteiger partial charge in [-0.1, -0.05) is 29.3 Å². The number of nitrogens with one attached hydrogen (secondary N) is 1. The number of nitrogens with zero attached hydrogens (tertiary/aromatic N) is 1. The molecule has 0 bridgehead atoms. The summed E-state index contributed by atoms with van der Waals surface area (Å²) in [6.07, 6.45) is 0. The van der Waals surface area contributed by atoms with E-state index in [-0.39, 0.29) is 5.92 Å². The molecule has 0 fully saturated rings. The second kappa shape index (κ2) is 5.97. The highest BCUT2D eigenvalue weighted by Gasteiger charge is 2.05. The molecule has 80 valence electrons. The number of hydrogen-bond acceptors (Lipinski definition) is 2. The molecule has 1 aromatic rings. The first-order chi connectivity index (χ1) is 7.15. The van der Waals surface area contributed by atoms with Crippen LogP contribution >= 0.6 is 23.2 Å². The minimum absolute atomic E-state index is 0.00809. The predicted octanol–water partition coefficient (Wildman–Crippen LogP) is 3.24. The fourth-order valence-corrected chi connectivity index (χ4v) is 1.69. The van der Waals surface area contributed by atoms with Crippen LogP contribution in [0.2, 0.25) is 10.0 Å². The van der Waals surface area contributed by atoms with Crippen LogP contribution in [0.4, 0.5) is 0 Å². The van der Waals surface area contributed by atoms with E-state index in [1.807, 2.05) is 13.0 Å². The molecule has 0 aliphatic heterocycles. The van der Waals surface area contributed by atoms with Crippen molar-refractivity contribution in [3.8, 4) is 6.07 Å². The van der Waals surface area contributed by atoms with Crippen molar-refractivity contribution in [3.63, 3.8) is 0 Å². The maximum atomic E-state index is 8.60. The van der Waals surface area contributed by atoms with Gasteiger partial charge in [0, 0.05) is 28.7 Å². The Hall–Kier alpha value is -0.750. The molecular weight excluding hydrogens is 231 g/mol. The molecule has 0 saturated carbocycles. The van der Waals surface area contributed by atoms with Crippen LogP contribution in [0.3, 0.4) is 0 Å². The molecule has 4 heteroatoms. The van der Waals surface area contributed by atoms with E-state index < -0.39 is 0 Å². The van der Waals surface area contributed by atoms with E-state index in [2.05, 4.69) is 11.4 Å². The average Bonchev–Trinajstić information content (AvgIpc) is 2.22. The van der Waals surface area contributed by atoms with Crippen LogP contribution in [0.5, 0.6) is 0 Å². The van der Waals surface area contributed by atoms with Gasteiger partial charge in [-0.05, 0) is 19.1 Å². The molecule has 0 heterocycles. The lowest BCUT2D eigenvalue weighted by Crippen LogP contribution is -2.20. The zero-order valence-electron chi connectivity index (χ0n) is 8.43. The molecule has 1 N–H and O–H groups in total. The minimum atomic E-state index is -0.00809. The maximum Gasteiger partial charge on any atom is 0.0666 e. The van der Waals surface area contributed by atoms with Crippen molar-refractivity contribution in [2.75, 3.05) is 6.54 Å². The zero-order chi connectivity index (χ0) is 11.3. The van der Waals surface area contributed by atoms with Crippen LogP contribution in [0.25, 0.3) is 0 Å². The monoisotopic (exact) mass is 242 g/mol. The Morgan fingerprint density at radius 3 is 2.53 bits per heavy atom. The fourth-order valence-electron chi connectivity index (χ4n) is 1.16. The zero-order valence-corrected chi connectivity index (χ0v) is 9.94. The molecule has 0 amide bonds. The second-order valence-electron chi connectivity index (χ2n) is 3.36. The molecule has 0 spiro atoms. The Bertz CT molecular complexity index is 351. The second-order valence-corrected chi connectivity index (χ2v) is 4.18. The number of halogens is 2. The summed E-state index contributed by atoms with van der Waals surface area (Å²) < 4.78 is 0. The number of rotatable bonds is 4. The predicted molar refractivity (Wildman–Crippen MR) is 62.9 cm³/mol. The Balaban J connectivity index is 2.55. The lowest BCUT2D eigenvalue weighted by atomic mass is 10.2. The van der Waals surface area contributed by atoms with E-state index in [4.69, 9.17) is 28.5 Å². The SMILES string of the molecule is CC(C#N)CNCc1c(Cl)cccc1Cl. The highest BCUT2D eigenvalue weighted by Crippen LogP contribution is 2.23. The molecule has 1 atom stereocenters. The summed E-state index contributed by atoms with van der Waals surface area (Å²) in [5.41, 5.74) is 0.881. The van der Waals surface area contributed by atoms with Crippen molar-refractivity contribution in [3.05, 3.63) is 33.8 Å². The first-order valence-corrected chi connectivity index (χ1v) is 5.44. The van der Waals surface area contributed by atoms with Gasteiger partial charge in [-0.3, -0.25) is 0 Å². The van der Waals surface area contributed by atoms with Crippen molar-refractivity contribution in [1.29, 1.82) is 5.26 Å². The van der Waals surface area contributed by atoms with Crippen molar-refractivity contribution >= 4 is 23.2 Å². The summed E-state index contributed by atoms with van der Waals surface area (Å²) in [6, 6.07) is 7.57. The molecule has 0 aliphatic carbocycles. The molecule has 1 aromatic carbocycles. The molecule has 15 heavy (non-hydrogen) atoms. The number of benzene rings is 1. The van der Waals surface area contributed by atoms with Crippen molar-refractivity contribution in [1.82, 2.24) is 5.32 Å². The third-order valence-corrected chi connectivity index (χ3v) is 2.74. The normalized spacial score (nSPS) is 12.1. The molecule has 0 radical (unpaired) electrons. The lowest BCUT2D eigenvalue weighted by molar-refractivity contribution is 0.602. The van der Waals surface area contributed by atoms with Gasteiger partial charge in [0.05, 0.1) is 12.0 Å². The van der Waals surface area contributed by atoms with Gasteiger partial charge in [0.1, 0.15) is 0 Å². The van der Waals surface area contributed by atoms with Gasteiger partial charge in [0.2, 0.25) is 0 Å². The maximum absolute atomic E-state index is 8.60. The summed E-state index contributed by atoms with van der Waals surface area (Å²) in [4.78, 5) is 0. The van der Waals surface area contributed by atoms with E-state index in [0.29, 0.717) is 23.1 Å². The third-order valence-electron chi connectivity index (χ3n) is 2.03. The first-order valence-electron chi connectivity index (χ1n) is 4.68. The quantitative estimate of drug-likeness (QED) is 0.881. The standard InChI is InChI=1S/C11H12Cl2N2/c1-8(5-14)6-15-7-9-10(12)3-2-4-11(9)13/h2-4,8,15H,6-7H2,1H3. The van der Waals surface area contributed by atoms with Crippen LogP contribution in [-0.2, 0) is 6.54 Å². The van der Waals surface area contributed by atoms with Crippen LogP contribution in [0.15, 0.2) is 18.2 Å². The van der Waals surface area contributed by atoms with Gasteiger partial charge in [0.25, 0.3) is 0 Å². The Morgan fingerprint density at radius 2 is 2.00 bits per heavy atom. The summed E-state index contributed by atoms with van der Waals surface area (Å²) in [7, 11) is 0. The van der Waals surface area contributed by atoms with E-state index in [0.717, 1.165) is 5.56 Å². The largest absolute Gasteiger partial charge is 0.311 e. The highest BCUT2D eigenvalue weighted by molar-refractivity contribution is 6.35. The summed E-state index contributed by atoms with van der Waals surface area (Å²) in [6.45, 7) is 3.09. The van der Waals surface area contributed by atoms with Crippen molar-refractivity contribution in [2.24, 2.45) is 5.92 Å². The van der Waals surface area contributed by atoms with Gasteiger partial charge in [-0.2, -0.15) is 5.26 Å². The van der Waals surface area contributed by atoms with Crippen LogP contribution in [0.1, 0.15) is 12.5 Å². The van der Waals surface area contributed by atoms with Gasteiger partial charge in [-0.25, -0.2) is 0 Å². The first kappa shape index (κ1) is 12.3. The van der Waals surface area contributed by atoms with E-state index in [1.54, 1.807) is 12.1 Å². The summed E-state index contributed by atoms with van der Waals surface area (Å²) >= 11 is 12.0. The Morgan fingerprint density at radius 1 is 1.40 bits per heavy atom. The Kier molecular flexibility index (Phi) is 4.90. The molecule has 2 nitrogen and oxygen atoms in total. The minimum Gasteiger partial charge on any atom is -0.311 e. The number of hydrogen-bond donors (Lipinski definition) is 1. The average molecular weight is 243 g/mol. The Labute approximate surface area is 99.8 Å². The van der Waals surface area contributed by atoms with Crippen LogP contribution < -0.4 is 5.32 Å². The smallest absolute Gasteiger partial charge is 0.0666 e. The molecule has 0 saturated heterocycles. The summed E-state index contributed by atoms with van der Waals surface area (Å²) in [5.74, 6) is -0.00809. The molecule has 0 aliphatic rings. The van der Waals surface area contributed by atoms with Gasteiger partial charge < -0.3 is 5.32 Å². The molecule has 1 rings (SSSR count). The lowest BCUT2D eigenvalue weighted by Gasteiger charge is -2.09. The number of nitriles is 1. The van der Waals surface area contributed by atoms with Crippen molar-refractivity contribution < 1.29 is 0 Å². The molecular formula is C11H12Cl2N2. The van der Waals surface area contributed by atoms with Crippen molar-refractivity contribution in [2.45, 2.75) is 13.5 Å². The fraction of sp³-hybridized carbons (Fsp3) is 0.364. The third kappa shape index (κ3) is 3.71. The highest BCUT2D eigenvalue weighted by atomic mass is 35.5. The van der Waals surface area contributed by atoms with Crippen LogP contribution in [-0.4, -0.2) is 6.54 Å². The van der Waals surface area contributed by atoms with Gasteiger partial charge in [-0.15, -0.1) is 0 Å². The van der Waals surface area contributed by atoms with E-state index in [1.165, 1.54) is 0 Å². The van der Waals surface area contributed by atoms with Crippen LogP contribution in [0, 0.1) is 17.2 Å².